The SMILES string of the molecule is O=C(Cc1ccc(Br)cc1)Nc1ncc(-c2ccc(F)cc2)nc1-c1cccs1.O=C(Cc1ccc(Cl)cc1)Nc1ncc(-c2ccc(F)cc2)nc1-c1cccs1.O=C(Cc1ccc(F)cc1)Nc1ncc(-c2ccc(F)cc2)nc1-c1cccs1.O=C(Cc1ccc(O)cc1)Nc1ncc(-c2ccc(F)cc2)nc1-c1cccs1. The van der Waals surface area contributed by atoms with Crippen molar-refractivity contribution in [2.75, 3.05) is 21.3 Å². The van der Waals surface area contributed by atoms with Crippen LogP contribution in [0.1, 0.15) is 22.3 Å². The van der Waals surface area contributed by atoms with Crippen molar-refractivity contribution in [3.05, 3.63) is 350 Å². The number of nitrogens with zero attached hydrogens (tertiary/aromatic N) is 8. The van der Waals surface area contributed by atoms with Crippen molar-refractivity contribution in [2.45, 2.75) is 25.7 Å². The molecule has 0 atom stereocenters. The number of carbonyl (C=O) groups excluding carboxylic acids is 4. The predicted molar refractivity (Wildman–Crippen MR) is 452 cm³/mol. The van der Waals surface area contributed by atoms with Crippen molar-refractivity contribution in [3.63, 3.8) is 0 Å². The summed E-state index contributed by atoms with van der Waals surface area (Å²) in [5, 5.41) is 29.0. The summed E-state index contributed by atoms with van der Waals surface area (Å²) in [4.78, 5) is 89.9. The molecule has 576 valence electrons. The number of amides is 4. The van der Waals surface area contributed by atoms with Crippen LogP contribution in [0.25, 0.3) is 87.3 Å². The lowest BCUT2D eigenvalue weighted by Gasteiger charge is -2.11. The quantitative estimate of drug-likeness (QED) is 0.0447. The summed E-state index contributed by atoms with van der Waals surface area (Å²) in [5.41, 5.74) is 10.8. The lowest BCUT2D eigenvalue weighted by atomic mass is 10.1. The van der Waals surface area contributed by atoms with E-state index in [-0.39, 0.29) is 84.1 Å². The fraction of sp³-hybridized carbons (Fsp3) is 0.0455. The molecule has 0 fully saturated rings. The van der Waals surface area contributed by atoms with Crippen molar-refractivity contribution in [3.8, 4) is 93.1 Å². The van der Waals surface area contributed by atoms with Crippen LogP contribution in [0.4, 0.5) is 45.2 Å². The summed E-state index contributed by atoms with van der Waals surface area (Å²) in [7, 11) is 0. The van der Waals surface area contributed by atoms with E-state index in [1.165, 1.54) is 124 Å². The minimum absolute atomic E-state index is 0.0888. The molecule has 28 heteroatoms. The van der Waals surface area contributed by atoms with Gasteiger partial charge in [0.05, 0.1) is 92.8 Å². The van der Waals surface area contributed by atoms with E-state index >= 15 is 0 Å². The summed E-state index contributed by atoms with van der Waals surface area (Å²) in [6, 6.07) is 66.3. The van der Waals surface area contributed by atoms with Gasteiger partial charge in [-0.3, -0.25) is 19.2 Å². The van der Waals surface area contributed by atoms with Gasteiger partial charge in [0.1, 0.15) is 57.6 Å². The first kappa shape index (κ1) is 81.0. The summed E-state index contributed by atoms with van der Waals surface area (Å²) in [6.45, 7) is 0. The van der Waals surface area contributed by atoms with Crippen molar-refractivity contribution in [2.24, 2.45) is 0 Å². The molecule has 0 aliphatic heterocycles. The number of aromatic nitrogens is 8. The first-order valence-electron chi connectivity index (χ1n) is 35.2. The van der Waals surface area contributed by atoms with Gasteiger partial charge in [-0.1, -0.05) is 100 Å². The molecule has 0 aliphatic carbocycles. The van der Waals surface area contributed by atoms with Crippen LogP contribution in [0.2, 0.25) is 5.02 Å². The molecule has 0 saturated heterocycles. The van der Waals surface area contributed by atoms with Crippen molar-refractivity contribution in [1.29, 1.82) is 0 Å². The molecule has 0 radical (unpaired) electrons. The molecule has 0 saturated carbocycles. The first-order valence-corrected chi connectivity index (χ1v) is 39.9. The van der Waals surface area contributed by atoms with E-state index in [0.717, 1.165) is 62.9 Å². The van der Waals surface area contributed by atoms with Crippen LogP contribution in [0.3, 0.4) is 0 Å². The molecule has 8 heterocycles. The average molecular weight is 1710 g/mol. The van der Waals surface area contributed by atoms with E-state index in [9.17, 15) is 46.2 Å². The average Bonchev–Trinajstić information content (AvgIpc) is 1.40. The Bertz CT molecular complexity index is 5260. The number of carbonyl (C=O) groups is 4. The standard InChI is InChI=1S/C22H15BrFN3OS.C22H15ClFN3OS.C22H15F2N3OS.C22H16FN3O2S/c3*23-16-7-3-14(4-8-16)12-20(28)27-22-21(19-2-1-11-29-19)26-18(13-25-22)15-5-9-17(24)10-6-15;23-16-7-5-15(6-8-16)18-13-24-22(21(25-18)19-2-1-11-29-19)26-20(28)12-14-3-9-17(27)10-4-14/h3*1-11,13H,12H2,(H,25,27,28);1-11,13,27H,12H2,(H,24,26,28). The number of phenols is 1. The van der Waals surface area contributed by atoms with Crippen LogP contribution in [-0.2, 0) is 44.9 Å². The Morgan fingerprint density at radius 2 is 0.543 bits per heavy atom. The van der Waals surface area contributed by atoms with Crippen LogP contribution in [0.15, 0.2) is 293 Å². The number of hydrogen-bond acceptors (Lipinski definition) is 17. The summed E-state index contributed by atoms with van der Waals surface area (Å²) in [5.74, 6) is -0.872. The van der Waals surface area contributed by atoms with Gasteiger partial charge in [0.25, 0.3) is 0 Å². The zero-order valence-electron chi connectivity index (χ0n) is 60.5. The Kier molecular flexibility index (Phi) is 27.3. The maximum Gasteiger partial charge on any atom is 0.230 e. The highest BCUT2D eigenvalue weighted by atomic mass is 79.9. The topological polar surface area (TPSA) is 240 Å². The van der Waals surface area contributed by atoms with E-state index in [1.54, 1.807) is 104 Å². The van der Waals surface area contributed by atoms with E-state index in [0.29, 0.717) is 79.4 Å². The molecular formula is C88H61BrClF5N12O5S4. The van der Waals surface area contributed by atoms with Crippen LogP contribution in [-0.4, -0.2) is 68.6 Å². The smallest absolute Gasteiger partial charge is 0.230 e. The molecule has 5 N–H and O–H groups in total. The van der Waals surface area contributed by atoms with Crippen LogP contribution >= 0.6 is 72.9 Å². The Labute approximate surface area is 690 Å². The number of benzene rings is 8. The van der Waals surface area contributed by atoms with Crippen LogP contribution in [0.5, 0.6) is 5.75 Å². The Morgan fingerprint density at radius 1 is 0.319 bits per heavy atom. The van der Waals surface area contributed by atoms with Gasteiger partial charge in [0.15, 0.2) is 23.3 Å². The van der Waals surface area contributed by atoms with Gasteiger partial charge in [-0.05, 0) is 214 Å². The Balaban J connectivity index is 0.000000135. The highest BCUT2D eigenvalue weighted by molar-refractivity contribution is 9.10. The van der Waals surface area contributed by atoms with Gasteiger partial charge in [-0.15, -0.1) is 45.3 Å². The first-order chi connectivity index (χ1) is 56.3. The summed E-state index contributed by atoms with van der Waals surface area (Å²) < 4.78 is 66.9. The Hall–Kier alpha value is -13.0. The summed E-state index contributed by atoms with van der Waals surface area (Å²) in [6.07, 6.45) is 6.91. The normalized spacial score (nSPS) is 10.7. The van der Waals surface area contributed by atoms with Gasteiger partial charge in [-0.2, -0.15) is 0 Å². The fourth-order valence-electron chi connectivity index (χ4n) is 11.2. The molecule has 0 bridgehead atoms. The number of anilines is 4. The molecule has 0 aliphatic rings. The third-order valence-electron chi connectivity index (χ3n) is 16.8. The fourth-order valence-corrected chi connectivity index (χ4v) is 14.4. The van der Waals surface area contributed by atoms with Crippen molar-refractivity contribution < 1.29 is 46.2 Å². The van der Waals surface area contributed by atoms with E-state index in [2.05, 4.69) is 72.1 Å². The second kappa shape index (κ2) is 39.1. The molecular weight excluding hydrogens is 1640 g/mol. The minimum Gasteiger partial charge on any atom is -0.508 e. The van der Waals surface area contributed by atoms with Gasteiger partial charge >= 0.3 is 0 Å². The summed E-state index contributed by atoms with van der Waals surface area (Å²) >= 11 is 15.3. The second-order valence-electron chi connectivity index (χ2n) is 25.2. The zero-order chi connectivity index (χ0) is 80.9. The third-order valence-corrected chi connectivity index (χ3v) is 21.1. The largest absolute Gasteiger partial charge is 0.508 e. The van der Waals surface area contributed by atoms with E-state index < -0.39 is 0 Å². The van der Waals surface area contributed by atoms with E-state index in [1.807, 2.05) is 106 Å². The van der Waals surface area contributed by atoms with Crippen molar-refractivity contribution in [1.82, 2.24) is 39.9 Å². The lowest BCUT2D eigenvalue weighted by molar-refractivity contribution is -0.116. The molecule has 0 unspecified atom stereocenters. The van der Waals surface area contributed by atoms with Crippen LogP contribution in [0, 0.1) is 29.1 Å². The highest BCUT2D eigenvalue weighted by Gasteiger charge is 2.21. The maximum absolute atomic E-state index is 13.2. The molecule has 8 aromatic carbocycles. The molecule has 16 aromatic rings. The third kappa shape index (κ3) is 22.7. The van der Waals surface area contributed by atoms with Crippen LogP contribution < -0.4 is 21.3 Å². The second-order valence-corrected chi connectivity index (χ2v) is 30.3. The van der Waals surface area contributed by atoms with Gasteiger partial charge in [-0.25, -0.2) is 61.8 Å². The van der Waals surface area contributed by atoms with Gasteiger partial charge < -0.3 is 26.4 Å². The van der Waals surface area contributed by atoms with E-state index in [4.69, 9.17) is 16.6 Å². The molecule has 16 rings (SSSR count). The minimum atomic E-state index is -0.351. The van der Waals surface area contributed by atoms with Gasteiger partial charge in [0, 0.05) is 31.7 Å². The Morgan fingerprint density at radius 3 is 0.784 bits per heavy atom. The number of rotatable bonds is 20. The lowest BCUT2D eigenvalue weighted by Crippen LogP contribution is -2.16. The molecule has 8 aromatic heterocycles. The number of hydrogen-bond donors (Lipinski definition) is 5. The number of phenolic OH excluding ortho intramolecular Hbond substituents is 1. The maximum atomic E-state index is 13.2. The monoisotopic (exact) mass is 1700 g/mol. The number of aromatic hydroxyl groups is 1. The number of halogens is 7. The number of nitrogens with one attached hydrogen (secondary N) is 4. The molecule has 0 spiro atoms. The molecule has 116 heavy (non-hydrogen) atoms. The highest BCUT2D eigenvalue weighted by Crippen LogP contribution is 2.36. The van der Waals surface area contributed by atoms with Crippen molar-refractivity contribution >= 4 is 120 Å². The zero-order valence-corrected chi connectivity index (χ0v) is 66.1. The van der Waals surface area contributed by atoms with Gasteiger partial charge in [0.2, 0.25) is 23.6 Å². The number of thiophene rings is 4. The predicted octanol–water partition coefficient (Wildman–Crippen LogP) is 22.0. The molecule has 17 nitrogen and oxygen atoms in total. The molecule has 4 amide bonds.